The highest BCUT2D eigenvalue weighted by Gasteiger charge is 2.41. The predicted molar refractivity (Wildman–Crippen MR) is 106 cm³/mol. The van der Waals surface area contributed by atoms with E-state index >= 15 is 0 Å². The zero-order chi connectivity index (χ0) is 22.8. The maximum absolute atomic E-state index is 14.7. The Kier molecular flexibility index (Phi) is 6.83. The van der Waals surface area contributed by atoms with E-state index in [1.807, 2.05) is 4.90 Å². The van der Waals surface area contributed by atoms with E-state index in [2.05, 4.69) is 4.52 Å². The van der Waals surface area contributed by atoms with Gasteiger partial charge >= 0.3 is 19.8 Å². The highest BCUT2D eigenvalue weighted by atomic mass is 31.2. The van der Waals surface area contributed by atoms with Gasteiger partial charge in [0.2, 0.25) is 5.91 Å². The molecule has 170 valence electrons. The fraction of sp³-hybridized carbons (Fsp3) is 0.500. The number of carbonyl (C=O) groups is 3. The number of cyclic esters (lactones) is 1. The molecular weight excluding hydrogens is 436 g/mol. The molecule has 2 saturated heterocycles. The van der Waals surface area contributed by atoms with Crippen LogP contribution in [0.25, 0.3) is 0 Å². The van der Waals surface area contributed by atoms with Gasteiger partial charge in [-0.1, -0.05) is 0 Å². The van der Waals surface area contributed by atoms with Crippen molar-refractivity contribution >= 4 is 37.1 Å². The molecule has 11 nitrogen and oxygen atoms in total. The second-order valence-corrected chi connectivity index (χ2v) is 8.67. The number of carbonyl (C=O) groups excluding carboxylic acids is 3. The maximum Gasteiger partial charge on any atom is 0.490 e. The summed E-state index contributed by atoms with van der Waals surface area (Å²) < 4.78 is 42.1. The molecule has 0 bridgehead atoms. The number of ether oxygens (including phenoxy) is 2. The number of anilines is 2. The topological polar surface area (TPSA) is 126 Å². The molecule has 0 radical (unpaired) electrons. The van der Waals surface area contributed by atoms with Gasteiger partial charge in [0.05, 0.1) is 37.7 Å². The molecule has 2 aliphatic heterocycles. The van der Waals surface area contributed by atoms with Gasteiger partial charge in [-0.15, -0.1) is 0 Å². The molecular formula is C18H23FN3O8P. The molecule has 2 aliphatic rings. The summed E-state index contributed by atoms with van der Waals surface area (Å²) in [5.74, 6) is -2.41. The van der Waals surface area contributed by atoms with Crippen molar-refractivity contribution in [1.82, 2.24) is 4.67 Å². The molecule has 1 N–H and O–H groups in total. The summed E-state index contributed by atoms with van der Waals surface area (Å²) in [7, 11) is -4.76. The van der Waals surface area contributed by atoms with Crippen LogP contribution in [0.4, 0.5) is 20.6 Å². The van der Waals surface area contributed by atoms with Gasteiger partial charge in [0.15, 0.2) is 0 Å². The van der Waals surface area contributed by atoms with Gasteiger partial charge in [-0.05, 0) is 18.2 Å². The van der Waals surface area contributed by atoms with Gasteiger partial charge in [-0.3, -0.25) is 19.4 Å². The van der Waals surface area contributed by atoms with E-state index in [1.165, 1.54) is 6.07 Å². The highest BCUT2D eigenvalue weighted by Crippen LogP contribution is 2.47. The van der Waals surface area contributed by atoms with Crippen LogP contribution >= 0.6 is 7.75 Å². The van der Waals surface area contributed by atoms with Crippen LogP contribution in [0, 0.1) is 5.82 Å². The van der Waals surface area contributed by atoms with Crippen molar-refractivity contribution in [2.24, 2.45) is 0 Å². The zero-order valence-corrected chi connectivity index (χ0v) is 17.9. The summed E-state index contributed by atoms with van der Waals surface area (Å²) in [6.07, 6.45) is -1.79. The molecule has 1 aromatic rings. The van der Waals surface area contributed by atoms with Gasteiger partial charge in [0, 0.05) is 26.9 Å². The number of halogens is 1. The normalized spacial score (nSPS) is 20.8. The number of rotatable bonds is 6. The molecule has 3 rings (SSSR count). The third-order valence-electron chi connectivity index (χ3n) is 4.76. The molecule has 2 atom stereocenters. The Labute approximate surface area is 177 Å². The Morgan fingerprint density at radius 1 is 1.32 bits per heavy atom. The molecule has 31 heavy (non-hydrogen) atoms. The van der Waals surface area contributed by atoms with E-state index in [0.717, 1.165) is 18.7 Å². The van der Waals surface area contributed by atoms with Crippen LogP contribution in [0.1, 0.15) is 13.8 Å². The van der Waals surface area contributed by atoms with E-state index in [4.69, 9.17) is 9.47 Å². The number of morpholine rings is 1. The minimum atomic E-state index is -4.76. The van der Waals surface area contributed by atoms with Crippen molar-refractivity contribution in [3.63, 3.8) is 0 Å². The second kappa shape index (κ2) is 9.21. The van der Waals surface area contributed by atoms with Crippen LogP contribution < -0.4 is 9.80 Å². The summed E-state index contributed by atoms with van der Waals surface area (Å²) in [5, 5.41) is 0. The number of nitrogens with zero attached hydrogens (tertiary/aromatic N) is 3. The molecule has 2 fully saturated rings. The number of hydrogen-bond donors (Lipinski definition) is 1. The Hall–Kier alpha value is -2.69. The highest BCUT2D eigenvalue weighted by molar-refractivity contribution is 7.51. The number of hydrogen-bond acceptors (Lipinski definition) is 8. The van der Waals surface area contributed by atoms with E-state index in [0.29, 0.717) is 36.7 Å². The molecule has 0 aromatic heterocycles. The number of benzene rings is 1. The minimum Gasteiger partial charge on any atom is -0.442 e. The van der Waals surface area contributed by atoms with E-state index in [-0.39, 0.29) is 12.2 Å². The molecule has 2 heterocycles. The Morgan fingerprint density at radius 3 is 2.58 bits per heavy atom. The zero-order valence-electron chi connectivity index (χ0n) is 17.0. The SMILES string of the molecule is CC(=O)OP(=O)(O)N(C[C@H]1CN(c2ccc(N3CCOCC3)c(F)c2)C(=O)O1)C(C)=O. The standard InChI is InChI=1S/C18H23FN3O8P/c1-12(23)22(31(26,27)30-13(2)24)11-15-10-21(18(25)29-15)14-3-4-17(16(19)9-14)20-5-7-28-8-6-20/h3-4,9,15H,5-8,10-11H2,1-2H3,(H,26,27)/t15-/m1/s1. The number of amides is 2. The van der Waals surface area contributed by atoms with Gasteiger partial charge in [-0.2, -0.15) is 0 Å². The Bertz CT molecular complexity index is 923. The lowest BCUT2D eigenvalue weighted by Gasteiger charge is -2.29. The second-order valence-electron chi connectivity index (χ2n) is 7.03. The van der Waals surface area contributed by atoms with Crippen molar-refractivity contribution in [1.29, 1.82) is 0 Å². The minimum absolute atomic E-state index is 0.0982. The van der Waals surface area contributed by atoms with E-state index < -0.39 is 44.2 Å². The maximum atomic E-state index is 14.7. The smallest absolute Gasteiger partial charge is 0.442 e. The Morgan fingerprint density at radius 2 is 2.00 bits per heavy atom. The third-order valence-corrected chi connectivity index (χ3v) is 6.31. The van der Waals surface area contributed by atoms with Crippen LogP contribution in [-0.2, 0) is 28.2 Å². The van der Waals surface area contributed by atoms with Gasteiger partial charge < -0.3 is 18.9 Å². The molecule has 1 unspecified atom stereocenters. The molecule has 0 spiro atoms. The van der Waals surface area contributed by atoms with Crippen LogP contribution in [-0.4, -0.2) is 73.0 Å². The van der Waals surface area contributed by atoms with Crippen molar-refractivity contribution in [2.45, 2.75) is 20.0 Å². The summed E-state index contributed by atoms with van der Waals surface area (Å²) in [5.41, 5.74) is 0.630. The first-order valence-corrected chi connectivity index (χ1v) is 11.0. The van der Waals surface area contributed by atoms with Crippen LogP contribution in [0.15, 0.2) is 18.2 Å². The first kappa shape index (κ1) is 23.0. The third kappa shape index (κ3) is 5.33. The lowest BCUT2D eigenvalue weighted by atomic mass is 10.2. The average molecular weight is 459 g/mol. The van der Waals surface area contributed by atoms with Gasteiger partial charge in [-0.25, -0.2) is 18.4 Å². The summed E-state index contributed by atoms with van der Waals surface area (Å²) in [4.78, 5) is 48.1. The molecule has 0 aliphatic carbocycles. The Balaban J connectivity index is 1.72. The van der Waals surface area contributed by atoms with E-state index in [9.17, 15) is 28.2 Å². The largest absolute Gasteiger partial charge is 0.490 e. The molecule has 2 amide bonds. The van der Waals surface area contributed by atoms with E-state index in [1.54, 1.807) is 12.1 Å². The first-order chi connectivity index (χ1) is 14.6. The summed E-state index contributed by atoms with van der Waals surface area (Å²) >= 11 is 0. The van der Waals surface area contributed by atoms with Crippen molar-refractivity contribution in [3.05, 3.63) is 24.0 Å². The van der Waals surface area contributed by atoms with Gasteiger partial charge in [0.25, 0.3) is 0 Å². The van der Waals surface area contributed by atoms with Crippen LogP contribution in [0.2, 0.25) is 0 Å². The monoisotopic (exact) mass is 459 g/mol. The summed E-state index contributed by atoms with van der Waals surface area (Å²) in [6, 6.07) is 4.32. The van der Waals surface area contributed by atoms with Gasteiger partial charge in [0.1, 0.15) is 11.9 Å². The van der Waals surface area contributed by atoms with Crippen molar-refractivity contribution < 1.29 is 42.2 Å². The summed E-state index contributed by atoms with van der Waals surface area (Å²) in [6.45, 7) is 3.45. The quantitative estimate of drug-likeness (QED) is 0.630. The fourth-order valence-corrected chi connectivity index (χ4v) is 4.55. The first-order valence-electron chi connectivity index (χ1n) is 9.50. The fourth-order valence-electron chi connectivity index (χ4n) is 3.37. The van der Waals surface area contributed by atoms with Crippen molar-refractivity contribution in [3.8, 4) is 0 Å². The lowest BCUT2D eigenvalue weighted by molar-refractivity contribution is -0.134. The van der Waals surface area contributed by atoms with Crippen LogP contribution in [0.3, 0.4) is 0 Å². The van der Waals surface area contributed by atoms with Crippen molar-refractivity contribution in [2.75, 3.05) is 49.2 Å². The lowest BCUT2D eigenvalue weighted by Crippen LogP contribution is -2.37. The predicted octanol–water partition coefficient (Wildman–Crippen LogP) is 1.50. The molecule has 0 saturated carbocycles. The average Bonchev–Trinajstić information content (AvgIpc) is 3.05. The molecule has 13 heteroatoms. The molecule has 1 aromatic carbocycles. The van der Waals surface area contributed by atoms with Crippen LogP contribution in [0.5, 0.6) is 0 Å².